The number of unbranched alkanes of at least 4 members (excludes halogenated alkanes) is 1. The average Bonchev–Trinajstić information content (AvgIpc) is 2.24. The van der Waals surface area contributed by atoms with Crippen LogP contribution in [0.3, 0.4) is 0 Å². The van der Waals surface area contributed by atoms with Crippen LogP contribution in [0.15, 0.2) is 18.2 Å². The third-order valence-corrected chi connectivity index (χ3v) is 2.85. The van der Waals surface area contributed by atoms with Gasteiger partial charge in [-0.2, -0.15) is 0 Å². The number of hydrogen-bond acceptors (Lipinski definition) is 2. The van der Waals surface area contributed by atoms with Crippen LogP contribution in [0.4, 0.5) is 0 Å². The normalized spacial score (nSPS) is 11.5. The molecule has 0 atom stereocenters. The summed E-state index contributed by atoms with van der Waals surface area (Å²) in [6.45, 7) is 5.43. The number of benzene rings is 1. The molecule has 0 saturated heterocycles. The Labute approximate surface area is 102 Å². The second-order valence-corrected chi connectivity index (χ2v) is 4.80. The zero-order valence-corrected chi connectivity index (χ0v) is 10.7. The smallest absolute Gasteiger partial charge is 0.335 e. The van der Waals surface area contributed by atoms with Gasteiger partial charge in [0.1, 0.15) is 0 Å². The molecule has 0 aliphatic heterocycles. The Hall–Kier alpha value is -1.35. The summed E-state index contributed by atoms with van der Waals surface area (Å²) >= 11 is 0. The number of aromatic carboxylic acids is 1. The summed E-state index contributed by atoms with van der Waals surface area (Å²) in [6.07, 6.45) is 2.62. The van der Waals surface area contributed by atoms with E-state index >= 15 is 0 Å². The fraction of sp³-hybridized carbons (Fsp3) is 0.500. The molecular weight excluding hydrogens is 216 g/mol. The molecule has 0 aromatic heterocycles. The summed E-state index contributed by atoms with van der Waals surface area (Å²) in [7, 11) is 0. The van der Waals surface area contributed by atoms with E-state index in [2.05, 4.69) is 6.92 Å². The number of carbonyl (C=O) groups is 1. The summed E-state index contributed by atoms with van der Waals surface area (Å²) in [5.74, 6) is -0.929. The first kappa shape index (κ1) is 13.7. The largest absolute Gasteiger partial charge is 0.478 e. The summed E-state index contributed by atoms with van der Waals surface area (Å²) in [4.78, 5) is 11.2. The van der Waals surface area contributed by atoms with Crippen molar-refractivity contribution < 1.29 is 15.0 Å². The highest BCUT2D eigenvalue weighted by Crippen LogP contribution is 2.27. The van der Waals surface area contributed by atoms with Crippen molar-refractivity contribution in [3.05, 3.63) is 34.9 Å². The van der Waals surface area contributed by atoms with Crippen molar-refractivity contribution in [2.24, 2.45) is 0 Å². The minimum atomic E-state index is -1.01. The first-order chi connectivity index (χ1) is 7.88. The maximum atomic E-state index is 11.2. The molecule has 0 amide bonds. The van der Waals surface area contributed by atoms with Crippen molar-refractivity contribution in [1.29, 1.82) is 0 Å². The monoisotopic (exact) mass is 236 g/mol. The Kier molecular flexibility index (Phi) is 4.29. The molecule has 3 heteroatoms. The van der Waals surface area contributed by atoms with Crippen LogP contribution in [0.2, 0.25) is 0 Å². The zero-order chi connectivity index (χ0) is 13.1. The molecule has 0 fully saturated rings. The molecule has 3 nitrogen and oxygen atoms in total. The number of carboxylic acid groups (broad SMARTS) is 1. The first-order valence-electron chi connectivity index (χ1n) is 5.96. The third kappa shape index (κ3) is 3.30. The van der Waals surface area contributed by atoms with Gasteiger partial charge >= 0.3 is 5.97 Å². The van der Waals surface area contributed by atoms with E-state index in [9.17, 15) is 15.0 Å². The predicted octanol–water partition coefficient (Wildman–Crippen LogP) is 2.95. The van der Waals surface area contributed by atoms with Crippen LogP contribution >= 0.6 is 0 Å². The molecule has 1 rings (SSSR count). The molecular formula is C14H20O3. The van der Waals surface area contributed by atoms with Gasteiger partial charge in [0.15, 0.2) is 0 Å². The Bertz CT molecular complexity index is 402. The van der Waals surface area contributed by atoms with Crippen LogP contribution in [-0.2, 0) is 12.0 Å². The van der Waals surface area contributed by atoms with Gasteiger partial charge in [0.05, 0.1) is 11.2 Å². The van der Waals surface area contributed by atoms with E-state index in [0.29, 0.717) is 17.5 Å². The van der Waals surface area contributed by atoms with E-state index < -0.39 is 11.6 Å². The van der Waals surface area contributed by atoms with Crippen molar-refractivity contribution >= 4 is 5.97 Å². The highest BCUT2D eigenvalue weighted by molar-refractivity contribution is 5.89. The van der Waals surface area contributed by atoms with Gasteiger partial charge in [-0.15, -0.1) is 0 Å². The van der Waals surface area contributed by atoms with Crippen LogP contribution < -0.4 is 0 Å². The molecule has 2 N–H and O–H groups in total. The number of hydrogen-bond donors (Lipinski definition) is 2. The quantitative estimate of drug-likeness (QED) is 0.826. The summed E-state index contributed by atoms with van der Waals surface area (Å²) < 4.78 is 0. The lowest BCUT2D eigenvalue weighted by Crippen LogP contribution is -2.20. The lowest BCUT2D eigenvalue weighted by Gasteiger charge is -2.23. The molecule has 1 aromatic carbocycles. The van der Waals surface area contributed by atoms with Gasteiger partial charge in [-0.1, -0.05) is 25.5 Å². The van der Waals surface area contributed by atoms with E-state index in [0.717, 1.165) is 18.4 Å². The molecule has 0 spiro atoms. The Morgan fingerprint density at radius 1 is 1.35 bits per heavy atom. The molecule has 0 unspecified atom stereocenters. The van der Waals surface area contributed by atoms with Crippen molar-refractivity contribution in [2.75, 3.05) is 0 Å². The Morgan fingerprint density at radius 3 is 2.47 bits per heavy atom. The van der Waals surface area contributed by atoms with Crippen LogP contribution in [0, 0.1) is 0 Å². The SMILES string of the molecule is CCCCc1c(C(=O)O)cccc1C(C)(C)O. The van der Waals surface area contributed by atoms with E-state index in [1.807, 2.05) is 0 Å². The van der Waals surface area contributed by atoms with Gasteiger partial charge in [-0.25, -0.2) is 4.79 Å². The highest BCUT2D eigenvalue weighted by atomic mass is 16.4. The fourth-order valence-electron chi connectivity index (χ4n) is 1.98. The molecule has 0 radical (unpaired) electrons. The molecule has 0 aliphatic carbocycles. The fourth-order valence-corrected chi connectivity index (χ4v) is 1.98. The maximum Gasteiger partial charge on any atom is 0.335 e. The molecule has 0 aliphatic rings. The standard InChI is InChI=1S/C14H20O3/c1-4-5-7-10-11(13(15)16)8-6-9-12(10)14(2,3)17/h6,8-9,17H,4-5,7H2,1-3H3,(H,15,16). The minimum absolute atomic E-state index is 0.304. The molecule has 94 valence electrons. The third-order valence-electron chi connectivity index (χ3n) is 2.85. The van der Waals surface area contributed by atoms with E-state index in [4.69, 9.17) is 0 Å². The second-order valence-electron chi connectivity index (χ2n) is 4.80. The van der Waals surface area contributed by atoms with Crippen LogP contribution in [-0.4, -0.2) is 16.2 Å². The van der Waals surface area contributed by atoms with Crippen molar-refractivity contribution in [3.8, 4) is 0 Å². The Morgan fingerprint density at radius 2 is 2.00 bits per heavy atom. The summed E-state index contributed by atoms with van der Waals surface area (Å²) in [6, 6.07) is 5.09. The zero-order valence-electron chi connectivity index (χ0n) is 10.7. The van der Waals surface area contributed by atoms with Crippen molar-refractivity contribution in [1.82, 2.24) is 0 Å². The summed E-state index contributed by atoms with van der Waals surface area (Å²) in [5.41, 5.74) is 0.771. The molecule has 0 saturated carbocycles. The summed E-state index contributed by atoms with van der Waals surface area (Å²) in [5, 5.41) is 19.3. The van der Waals surface area contributed by atoms with Crippen LogP contribution in [0.5, 0.6) is 0 Å². The van der Waals surface area contributed by atoms with Gasteiger partial charge in [-0.05, 0) is 43.9 Å². The van der Waals surface area contributed by atoms with Crippen LogP contribution in [0.1, 0.15) is 55.1 Å². The lowest BCUT2D eigenvalue weighted by atomic mass is 9.87. The van der Waals surface area contributed by atoms with Crippen LogP contribution in [0.25, 0.3) is 0 Å². The van der Waals surface area contributed by atoms with Crippen molar-refractivity contribution in [3.63, 3.8) is 0 Å². The second kappa shape index (κ2) is 5.32. The van der Waals surface area contributed by atoms with E-state index in [1.54, 1.807) is 32.0 Å². The molecule has 0 heterocycles. The number of carboxylic acids is 1. The van der Waals surface area contributed by atoms with E-state index in [1.165, 1.54) is 0 Å². The van der Waals surface area contributed by atoms with E-state index in [-0.39, 0.29) is 0 Å². The van der Waals surface area contributed by atoms with Gasteiger partial charge < -0.3 is 10.2 Å². The van der Waals surface area contributed by atoms with Crippen molar-refractivity contribution in [2.45, 2.75) is 45.6 Å². The highest BCUT2D eigenvalue weighted by Gasteiger charge is 2.23. The van der Waals surface area contributed by atoms with Gasteiger partial charge in [0, 0.05) is 0 Å². The Balaban J connectivity index is 3.29. The predicted molar refractivity (Wildman–Crippen MR) is 67.3 cm³/mol. The number of aliphatic hydroxyl groups is 1. The minimum Gasteiger partial charge on any atom is -0.478 e. The average molecular weight is 236 g/mol. The lowest BCUT2D eigenvalue weighted by molar-refractivity contribution is 0.0689. The molecule has 0 bridgehead atoms. The van der Waals surface area contributed by atoms with Gasteiger partial charge in [0.2, 0.25) is 0 Å². The molecule has 17 heavy (non-hydrogen) atoms. The maximum absolute atomic E-state index is 11.2. The topological polar surface area (TPSA) is 57.5 Å². The molecule has 1 aromatic rings. The van der Waals surface area contributed by atoms with Gasteiger partial charge in [-0.3, -0.25) is 0 Å². The first-order valence-corrected chi connectivity index (χ1v) is 5.96. The van der Waals surface area contributed by atoms with Gasteiger partial charge in [0.25, 0.3) is 0 Å². The number of rotatable bonds is 5.